The number of nitrogens with one attached hydrogen (secondary N) is 1. The summed E-state index contributed by atoms with van der Waals surface area (Å²) in [6.45, 7) is 3.46. The first-order valence-corrected chi connectivity index (χ1v) is 5.86. The van der Waals surface area contributed by atoms with Gasteiger partial charge in [-0.15, -0.1) is 0 Å². The molecule has 0 aromatic heterocycles. The molecule has 1 heterocycles. The second-order valence-electron chi connectivity index (χ2n) is 3.63. The van der Waals surface area contributed by atoms with Crippen molar-refractivity contribution in [1.82, 2.24) is 5.32 Å². The molecule has 0 saturated carbocycles. The average molecular weight is 284 g/mol. The molecule has 0 spiro atoms. The van der Waals surface area contributed by atoms with Gasteiger partial charge in [-0.2, -0.15) is 5.26 Å². The molecule has 1 aromatic carbocycles. The molecule has 1 N–H and O–H groups in total. The lowest BCUT2D eigenvalue weighted by Crippen LogP contribution is -2.43. The van der Waals surface area contributed by atoms with Crippen LogP contribution in [0.1, 0.15) is 5.56 Å². The van der Waals surface area contributed by atoms with Crippen LogP contribution in [-0.2, 0) is 0 Å². The molecule has 2 rings (SSSR count). The van der Waals surface area contributed by atoms with Gasteiger partial charge in [-0.05, 0) is 28.1 Å². The van der Waals surface area contributed by atoms with E-state index in [2.05, 4.69) is 26.1 Å². The fraction of sp³-hybridized carbons (Fsp3) is 0.364. The van der Waals surface area contributed by atoms with Crippen LogP contribution in [0.3, 0.4) is 0 Å². The zero-order valence-corrected chi connectivity index (χ0v) is 10.2. The maximum Gasteiger partial charge on any atom is 0.138 e. The minimum absolute atomic E-state index is 0.391. The standard InChI is InChI=1S/C11H11BrFN3/c12-9-6-11(8(7-14)5-10(9)13)16-3-1-15-2-4-16/h5-6,15H,1-4H2. The number of hydrogen-bond donors (Lipinski definition) is 1. The first kappa shape index (κ1) is 11.4. The van der Waals surface area contributed by atoms with Gasteiger partial charge < -0.3 is 10.2 Å². The highest BCUT2D eigenvalue weighted by atomic mass is 79.9. The highest BCUT2D eigenvalue weighted by Crippen LogP contribution is 2.27. The van der Waals surface area contributed by atoms with Crippen molar-refractivity contribution >= 4 is 21.6 Å². The largest absolute Gasteiger partial charge is 0.368 e. The Morgan fingerprint density at radius 3 is 2.69 bits per heavy atom. The van der Waals surface area contributed by atoms with E-state index < -0.39 is 5.82 Å². The Hall–Kier alpha value is -1.12. The van der Waals surface area contributed by atoms with E-state index in [1.807, 2.05) is 6.07 Å². The van der Waals surface area contributed by atoms with Crippen LogP contribution in [0.4, 0.5) is 10.1 Å². The van der Waals surface area contributed by atoms with E-state index in [-0.39, 0.29) is 0 Å². The van der Waals surface area contributed by atoms with Crippen molar-refractivity contribution in [2.24, 2.45) is 0 Å². The number of nitriles is 1. The molecule has 0 bridgehead atoms. The molecule has 3 nitrogen and oxygen atoms in total. The minimum atomic E-state index is -0.393. The SMILES string of the molecule is N#Cc1cc(F)c(Br)cc1N1CCNCC1. The monoisotopic (exact) mass is 283 g/mol. The summed E-state index contributed by atoms with van der Waals surface area (Å²) in [5, 5.41) is 12.2. The molecule has 16 heavy (non-hydrogen) atoms. The lowest BCUT2D eigenvalue weighted by Gasteiger charge is -2.30. The lowest BCUT2D eigenvalue weighted by molar-refractivity contribution is 0.586. The number of benzene rings is 1. The Balaban J connectivity index is 2.38. The van der Waals surface area contributed by atoms with E-state index in [1.165, 1.54) is 6.07 Å². The molecular formula is C11H11BrFN3. The number of halogens is 2. The van der Waals surface area contributed by atoms with Crippen molar-refractivity contribution in [3.05, 3.63) is 28.0 Å². The number of rotatable bonds is 1. The van der Waals surface area contributed by atoms with Gasteiger partial charge in [0.1, 0.15) is 11.9 Å². The number of nitrogens with zero attached hydrogens (tertiary/aromatic N) is 2. The Kier molecular flexibility index (Phi) is 3.42. The Morgan fingerprint density at radius 1 is 1.38 bits per heavy atom. The molecule has 0 unspecified atom stereocenters. The third-order valence-electron chi connectivity index (χ3n) is 2.62. The summed E-state index contributed by atoms with van der Waals surface area (Å²) in [6, 6.07) is 5.00. The molecule has 0 radical (unpaired) electrons. The second-order valence-corrected chi connectivity index (χ2v) is 4.49. The van der Waals surface area contributed by atoms with Crippen molar-refractivity contribution < 1.29 is 4.39 Å². The average Bonchev–Trinajstić information content (AvgIpc) is 2.33. The third-order valence-corrected chi connectivity index (χ3v) is 3.22. The van der Waals surface area contributed by atoms with Gasteiger partial charge in [0.15, 0.2) is 0 Å². The van der Waals surface area contributed by atoms with E-state index in [9.17, 15) is 4.39 Å². The number of anilines is 1. The van der Waals surface area contributed by atoms with Gasteiger partial charge in [-0.25, -0.2) is 4.39 Å². The fourth-order valence-electron chi connectivity index (χ4n) is 1.79. The molecule has 1 fully saturated rings. The fourth-order valence-corrected chi connectivity index (χ4v) is 2.12. The molecule has 1 aromatic rings. The molecule has 84 valence electrons. The molecule has 1 aliphatic heterocycles. The lowest BCUT2D eigenvalue weighted by atomic mass is 10.1. The van der Waals surface area contributed by atoms with Gasteiger partial charge in [-0.3, -0.25) is 0 Å². The number of hydrogen-bond acceptors (Lipinski definition) is 3. The predicted molar refractivity (Wildman–Crippen MR) is 63.9 cm³/mol. The quantitative estimate of drug-likeness (QED) is 0.855. The van der Waals surface area contributed by atoms with E-state index in [1.54, 1.807) is 6.07 Å². The molecule has 5 heteroatoms. The molecule has 0 amide bonds. The van der Waals surface area contributed by atoms with Gasteiger partial charge in [0, 0.05) is 26.2 Å². The van der Waals surface area contributed by atoms with Crippen molar-refractivity contribution in [3.8, 4) is 6.07 Å². The number of piperazine rings is 1. The highest BCUT2D eigenvalue weighted by molar-refractivity contribution is 9.10. The van der Waals surface area contributed by atoms with Crippen molar-refractivity contribution in [2.45, 2.75) is 0 Å². The van der Waals surface area contributed by atoms with Gasteiger partial charge in [-0.1, -0.05) is 0 Å². The van der Waals surface area contributed by atoms with Gasteiger partial charge in [0.25, 0.3) is 0 Å². The van der Waals surface area contributed by atoms with Crippen LogP contribution < -0.4 is 10.2 Å². The van der Waals surface area contributed by atoms with Crippen LogP contribution in [0.5, 0.6) is 0 Å². The smallest absolute Gasteiger partial charge is 0.138 e. The van der Waals surface area contributed by atoms with Gasteiger partial charge in [0.05, 0.1) is 15.7 Å². The summed E-state index contributed by atoms with van der Waals surface area (Å²) < 4.78 is 13.7. The van der Waals surface area contributed by atoms with Crippen molar-refractivity contribution in [1.29, 1.82) is 5.26 Å². The van der Waals surface area contributed by atoms with Gasteiger partial charge >= 0.3 is 0 Å². The van der Waals surface area contributed by atoms with Crippen LogP contribution in [0, 0.1) is 17.1 Å². The molecule has 1 saturated heterocycles. The van der Waals surface area contributed by atoms with Crippen LogP contribution in [0.2, 0.25) is 0 Å². The zero-order valence-electron chi connectivity index (χ0n) is 8.63. The summed E-state index contributed by atoms with van der Waals surface area (Å²) in [5.74, 6) is -0.393. The summed E-state index contributed by atoms with van der Waals surface area (Å²) in [7, 11) is 0. The first-order valence-electron chi connectivity index (χ1n) is 5.07. The zero-order chi connectivity index (χ0) is 11.5. The van der Waals surface area contributed by atoms with E-state index in [0.29, 0.717) is 10.0 Å². The Labute approximate surface area is 102 Å². The topological polar surface area (TPSA) is 39.1 Å². The third kappa shape index (κ3) is 2.18. The Bertz CT molecular complexity index is 436. The summed E-state index contributed by atoms with van der Waals surface area (Å²) >= 11 is 3.15. The molecule has 0 atom stereocenters. The Morgan fingerprint density at radius 2 is 2.06 bits per heavy atom. The summed E-state index contributed by atoms with van der Waals surface area (Å²) in [5.41, 5.74) is 1.19. The van der Waals surface area contributed by atoms with E-state index in [0.717, 1.165) is 31.9 Å². The predicted octanol–water partition coefficient (Wildman–Crippen LogP) is 1.87. The maximum atomic E-state index is 13.3. The molecule has 0 aliphatic carbocycles. The van der Waals surface area contributed by atoms with Crippen molar-refractivity contribution in [3.63, 3.8) is 0 Å². The van der Waals surface area contributed by atoms with E-state index in [4.69, 9.17) is 5.26 Å². The van der Waals surface area contributed by atoms with Gasteiger partial charge in [0.2, 0.25) is 0 Å². The van der Waals surface area contributed by atoms with Crippen LogP contribution in [0.15, 0.2) is 16.6 Å². The maximum absolute atomic E-state index is 13.3. The summed E-state index contributed by atoms with van der Waals surface area (Å²) in [4.78, 5) is 2.10. The van der Waals surface area contributed by atoms with Crippen LogP contribution >= 0.6 is 15.9 Å². The highest BCUT2D eigenvalue weighted by Gasteiger charge is 2.16. The first-order chi connectivity index (χ1) is 7.72. The van der Waals surface area contributed by atoms with Crippen LogP contribution in [0.25, 0.3) is 0 Å². The minimum Gasteiger partial charge on any atom is -0.368 e. The molecular weight excluding hydrogens is 273 g/mol. The van der Waals surface area contributed by atoms with Crippen molar-refractivity contribution in [2.75, 3.05) is 31.1 Å². The van der Waals surface area contributed by atoms with E-state index >= 15 is 0 Å². The second kappa shape index (κ2) is 4.81. The van der Waals surface area contributed by atoms with Crippen LogP contribution in [-0.4, -0.2) is 26.2 Å². The molecule has 1 aliphatic rings. The normalized spacial score (nSPS) is 15.9. The summed E-state index contributed by atoms with van der Waals surface area (Å²) in [6.07, 6.45) is 0.